The largest absolute Gasteiger partial charge is 0.491 e. The lowest BCUT2D eigenvalue weighted by Gasteiger charge is -2.38. The maximum Gasteiger partial charge on any atom is 0.120 e. The Kier molecular flexibility index (Phi) is 7.60. The molecule has 4 heteroatoms. The van der Waals surface area contributed by atoms with Gasteiger partial charge >= 0.3 is 0 Å². The highest BCUT2D eigenvalue weighted by atomic mass is 79.9. The second kappa shape index (κ2) is 10.4. The smallest absolute Gasteiger partial charge is 0.120 e. The third kappa shape index (κ3) is 5.84. The van der Waals surface area contributed by atoms with Gasteiger partial charge in [-0.05, 0) is 107 Å². The van der Waals surface area contributed by atoms with Gasteiger partial charge in [0.15, 0.2) is 0 Å². The van der Waals surface area contributed by atoms with Crippen molar-refractivity contribution in [2.24, 2.45) is 5.92 Å². The summed E-state index contributed by atoms with van der Waals surface area (Å²) in [5, 5.41) is 0. The molecule has 2 aliphatic heterocycles. The van der Waals surface area contributed by atoms with Gasteiger partial charge in [-0.1, -0.05) is 34.1 Å². The van der Waals surface area contributed by atoms with E-state index in [2.05, 4.69) is 89.1 Å². The molecule has 0 bridgehead atoms. The van der Waals surface area contributed by atoms with Crippen molar-refractivity contribution < 1.29 is 4.74 Å². The number of rotatable bonds is 7. The van der Waals surface area contributed by atoms with Gasteiger partial charge in [0, 0.05) is 29.8 Å². The van der Waals surface area contributed by atoms with Crippen molar-refractivity contribution in [2.45, 2.75) is 64.5 Å². The van der Waals surface area contributed by atoms with Gasteiger partial charge < -0.3 is 14.5 Å². The molecule has 2 aromatic rings. The minimum absolute atomic E-state index is 0.217. The van der Waals surface area contributed by atoms with E-state index in [4.69, 9.17) is 4.74 Å². The zero-order chi connectivity index (χ0) is 21.8. The van der Waals surface area contributed by atoms with Crippen molar-refractivity contribution in [1.82, 2.24) is 4.90 Å². The average Bonchev–Trinajstić information content (AvgIpc) is 2.76. The Morgan fingerprint density at radius 2 is 1.84 bits per heavy atom. The maximum absolute atomic E-state index is 5.90. The van der Waals surface area contributed by atoms with Crippen molar-refractivity contribution in [1.29, 1.82) is 0 Å². The fraction of sp³-hybridized carbons (Fsp3) is 0.556. The molecule has 2 aromatic carbocycles. The molecule has 1 fully saturated rings. The van der Waals surface area contributed by atoms with Crippen LogP contribution in [0.25, 0.3) is 0 Å². The molecule has 0 N–H and O–H groups in total. The Morgan fingerprint density at radius 3 is 2.61 bits per heavy atom. The van der Waals surface area contributed by atoms with E-state index in [1.54, 1.807) is 0 Å². The van der Waals surface area contributed by atoms with Crippen LogP contribution >= 0.6 is 15.9 Å². The Labute approximate surface area is 196 Å². The van der Waals surface area contributed by atoms with Gasteiger partial charge in [-0.2, -0.15) is 0 Å². The third-order valence-electron chi connectivity index (χ3n) is 7.05. The van der Waals surface area contributed by atoms with Gasteiger partial charge in [-0.3, -0.25) is 0 Å². The van der Waals surface area contributed by atoms with Crippen LogP contribution in [0.4, 0.5) is 5.69 Å². The Morgan fingerprint density at radius 1 is 1.06 bits per heavy atom. The van der Waals surface area contributed by atoms with Gasteiger partial charge in [-0.25, -0.2) is 0 Å². The van der Waals surface area contributed by atoms with Crippen LogP contribution in [-0.2, 0) is 12.8 Å². The summed E-state index contributed by atoms with van der Waals surface area (Å²) in [5.74, 6) is 1.76. The number of nitrogens with zero attached hydrogens (tertiary/aromatic N) is 2. The summed E-state index contributed by atoms with van der Waals surface area (Å²) in [7, 11) is 2.28. The third-order valence-corrected chi connectivity index (χ3v) is 7.82. The summed E-state index contributed by atoms with van der Waals surface area (Å²) < 4.78 is 7.12. The van der Waals surface area contributed by atoms with Gasteiger partial charge in [-0.15, -0.1) is 0 Å². The molecule has 0 radical (unpaired) electrons. The summed E-state index contributed by atoms with van der Waals surface area (Å²) in [6.07, 6.45) is 7.74. The number of benzene rings is 2. The van der Waals surface area contributed by atoms with E-state index in [1.807, 2.05) is 0 Å². The van der Waals surface area contributed by atoms with Crippen molar-refractivity contribution in [3.63, 3.8) is 0 Å². The maximum atomic E-state index is 5.90. The van der Waals surface area contributed by atoms with Crippen LogP contribution in [0.3, 0.4) is 0 Å². The lowest BCUT2D eigenvalue weighted by molar-refractivity contribution is 0.177. The van der Waals surface area contributed by atoms with Crippen LogP contribution in [0.5, 0.6) is 5.75 Å². The predicted octanol–water partition coefficient (Wildman–Crippen LogP) is 6.33. The zero-order valence-corrected chi connectivity index (χ0v) is 20.9. The summed E-state index contributed by atoms with van der Waals surface area (Å²) in [6.45, 7) is 7.86. The Hall–Kier alpha value is -1.52. The topological polar surface area (TPSA) is 15.7 Å². The van der Waals surface area contributed by atoms with Gasteiger partial charge in [0.25, 0.3) is 0 Å². The number of likely N-dealkylation sites (tertiary alicyclic amines) is 1. The number of anilines is 1. The van der Waals surface area contributed by atoms with Crippen LogP contribution in [0.2, 0.25) is 0 Å². The number of ether oxygens (including phenoxy) is 1. The molecule has 2 heterocycles. The van der Waals surface area contributed by atoms with Crippen LogP contribution in [0, 0.1) is 5.92 Å². The first-order chi connectivity index (χ1) is 15.0. The monoisotopic (exact) mass is 484 g/mol. The Balaban J connectivity index is 1.24. The van der Waals surface area contributed by atoms with E-state index in [0.29, 0.717) is 6.04 Å². The molecule has 1 unspecified atom stereocenters. The molecular formula is C27H37BrN2O. The van der Waals surface area contributed by atoms with Crippen molar-refractivity contribution in [3.8, 4) is 5.75 Å². The highest BCUT2D eigenvalue weighted by Gasteiger charge is 2.25. The molecule has 4 rings (SSSR count). The van der Waals surface area contributed by atoms with Gasteiger partial charge in [0.2, 0.25) is 0 Å². The molecule has 3 nitrogen and oxygen atoms in total. The summed E-state index contributed by atoms with van der Waals surface area (Å²) in [4.78, 5) is 5.22. The predicted molar refractivity (Wildman–Crippen MR) is 134 cm³/mol. The second-order valence-corrected chi connectivity index (χ2v) is 10.5. The standard InChI is InChI=1S/C27H37BrN2O/c1-20(2)31-25-10-11-26(28)23(19-25)18-21-12-15-30(16-13-21)17-14-24-9-8-22-6-4-5-7-27(22)29(24)3/h4-7,10-11,19-21,24H,8-9,12-18H2,1-3H3. The van der Waals surface area contributed by atoms with E-state index < -0.39 is 0 Å². The zero-order valence-electron chi connectivity index (χ0n) is 19.3. The second-order valence-electron chi connectivity index (χ2n) is 9.63. The van der Waals surface area contributed by atoms with Crippen LogP contribution in [0.15, 0.2) is 46.9 Å². The molecule has 1 atom stereocenters. The molecule has 0 aromatic heterocycles. The van der Waals surface area contributed by atoms with E-state index in [0.717, 1.165) is 18.1 Å². The average molecular weight is 486 g/mol. The van der Waals surface area contributed by atoms with Crippen LogP contribution in [-0.4, -0.2) is 43.7 Å². The molecular weight excluding hydrogens is 448 g/mol. The quantitative estimate of drug-likeness (QED) is 0.456. The number of fused-ring (bicyclic) bond motifs is 1. The molecule has 0 amide bonds. The minimum Gasteiger partial charge on any atom is -0.491 e. The highest BCUT2D eigenvalue weighted by Crippen LogP contribution is 2.32. The first-order valence-electron chi connectivity index (χ1n) is 12.0. The van der Waals surface area contributed by atoms with Crippen molar-refractivity contribution in [3.05, 3.63) is 58.1 Å². The Bertz CT molecular complexity index is 860. The van der Waals surface area contributed by atoms with E-state index in [-0.39, 0.29) is 6.10 Å². The van der Waals surface area contributed by atoms with E-state index in [9.17, 15) is 0 Å². The fourth-order valence-corrected chi connectivity index (χ4v) is 5.64. The molecule has 31 heavy (non-hydrogen) atoms. The fourth-order valence-electron chi connectivity index (χ4n) is 5.23. The van der Waals surface area contributed by atoms with Crippen LogP contribution < -0.4 is 9.64 Å². The summed E-state index contributed by atoms with van der Waals surface area (Å²) >= 11 is 3.75. The molecule has 168 valence electrons. The lowest BCUT2D eigenvalue weighted by atomic mass is 9.89. The molecule has 0 saturated carbocycles. The number of para-hydroxylation sites is 1. The van der Waals surface area contributed by atoms with Crippen molar-refractivity contribution in [2.75, 3.05) is 31.6 Å². The number of aryl methyl sites for hydroxylation is 1. The minimum atomic E-state index is 0.217. The number of piperidine rings is 1. The molecule has 0 spiro atoms. The van der Waals surface area contributed by atoms with Gasteiger partial charge in [0.05, 0.1) is 6.10 Å². The first-order valence-corrected chi connectivity index (χ1v) is 12.8. The molecule has 1 saturated heterocycles. The van der Waals surface area contributed by atoms with E-state index in [1.165, 1.54) is 73.0 Å². The number of hydrogen-bond donors (Lipinski definition) is 0. The van der Waals surface area contributed by atoms with Crippen LogP contribution in [0.1, 0.15) is 50.7 Å². The normalized spacial score (nSPS) is 20.2. The SMILES string of the molecule is CC(C)Oc1ccc(Br)c(CC2CCN(CCC3CCc4ccccc4N3C)CC2)c1. The summed E-state index contributed by atoms with van der Waals surface area (Å²) in [5.41, 5.74) is 4.34. The van der Waals surface area contributed by atoms with Gasteiger partial charge in [0.1, 0.15) is 5.75 Å². The van der Waals surface area contributed by atoms with Crippen molar-refractivity contribution >= 4 is 21.6 Å². The molecule has 0 aliphatic carbocycles. The highest BCUT2D eigenvalue weighted by molar-refractivity contribution is 9.10. The number of hydrogen-bond acceptors (Lipinski definition) is 3. The summed E-state index contributed by atoms with van der Waals surface area (Å²) in [6, 6.07) is 16.0. The first kappa shape index (κ1) is 22.7. The van der Waals surface area contributed by atoms with E-state index >= 15 is 0 Å². The number of halogens is 1. The lowest BCUT2D eigenvalue weighted by Crippen LogP contribution is -2.41. The molecule has 2 aliphatic rings.